The molecule has 0 bridgehead atoms. The predicted molar refractivity (Wildman–Crippen MR) is 69.7 cm³/mol. The van der Waals surface area contributed by atoms with Crippen LogP contribution in [0.2, 0.25) is 0 Å². The van der Waals surface area contributed by atoms with Crippen LogP contribution in [0.4, 0.5) is 5.82 Å². The van der Waals surface area contributed by atoms with E-state index in [2.05, 4.69) is 20.6 Å². The molecule has 1 unspecified atom stereocenters. The Balaban J connectivity index is 0.00000128. The van der Waals surface area contributed by atoms with Crippen LogP contribution in [0.5, 0.6) is 0 Å². The number of carbonyl (C=O) groups excluding carboxylic acids is 1. The molecular weight excluding hydrogens is 265 g/mol. The highest BCUT2D eigenvalue weighted by molar-refractivity contribution is 5.96. The molecule has 0 radical (unpaired) electrons. The van der Waals surface area contributed by atoms with E-state index in [4.69, 9.17) is 5.73 Å². The molecule has 0 spiro atoms. The minimum atomic E-state index is -0.255. The molecule has 96 valence electrons. The van der Waals surface area contributed by atoms with Crippen molar-refractivity contribution in [2.75, 3.05) is 18.8 Å². The van der Waals surface area contributed by atoms with Crippen LogP contribution in [-0.4, -0.2) is 35.0 Å². The third-order valence-electron chi connectivity index (χ3n) is 2.34. The summed E-state index contributed by atoms with van der Waals surface area (Å²) in [6, 6.07) is 0.166. The molecule has 4 N–H and O–H groups in total. The van der Waals surface area contributed by atoms with Crippen molar-refractivity contribution >= 4 is 36.5 Å². The molecule has 8 heteroatoms. The van der Waals surface area contributed by atoms with Gasteiger partial charge in [-0.1, -0.05) is 0 Å². The molecule has 17 heavy (non-hydrogen) atoms. The van der Waals surface area contributed by atoms with Crippen molar-refractivity contribution in [3.05, 3.63) is 18.1 Å². The number of nitrogens with zero attached hydrogens (tertiary/aromatic N) is 2. The predicted octanol–water partition coefficient (Wildman–Crippen LogP) is -0.00590. The summed E-state index contributed by atoms with van der Waals surface area (Å²) in [5.41, 5.74) is 5.74. The summed E-state index contributed by atoms with van der Waals surface area (Å²) in [7, 11) is 0. The van der Waals surface area contributed by atoms with Gasteiger partial charge in [0.2, 0.25) is 0 Å². The number of amides is 1. The smallest absolute Gasteiger partial charge is 0.273 e. The van der Waals surface area contributed by atoms with E-state index < -0.39 is 0 Å². The number of carbonyl (C=O) groups is 1. The molecule has 1 fully saturated rings. The molecule has 1 saturated heterocycles. The van der Waals surface area contributed by atoms with Gasteiger partial charge in [-0.3, -0.25) is 4.79 Å². The molecule has 1 atom stereocenters. The van der Waals surface area contributed by atoms with E-state index in [0.717, 1.165) is 19.5 Å². The summed E-state index contributed by atoms with van der Waals surface area (Å²) >= 11 is 0. The molecule has 1 aliphatic heterocycles. The first kappa shape index (κ1) is 15.9. The van der Waals surface area contributed by atoms with E-state index >= 15 is 0 Å². The molecule has 2 rings (SSSR count). The number of aromatic nitrogens is 2. The van der Waals surface area contributed by atoms with Crippen LogP contribution in [0.15, 0.2) is 12.4 Å². The second-order valence-electron chi connectivity index (χ2n) is 3.45. The molecule has 0 aliphatic carbocycles. The minimum absolute atomic E-state index is 0. The van der Waals surface area contributed by atoms with E-state index in [1.165, 1.54) is 12.4 Å². The second-order valence-corrected chi connectivity index (χ2v) is 3.45. The zero-order valence-corrected chi connectivity index (χ0v) is 10.7. The summed E-state index contributed by atoms with van der Waals surface area (Å²) in [6.07, 6.45) is 3.85. The van der Waals surface area contributed by atoms with Crippen LogP contribution in [0.3, 0.4) is 0 Å². The number of halogens is 2. The monoisotopic (exact) mass is 279 g/mol. The molecule has 6 nitrogen and oxygen atoms in total. The highest BCUT2D eigenvalue weighted by Crippen LogP contribution is 2.04. The van der Waals surface area contributed by atoms with E-state index in [0.29, 0.717) is 0 Å². The van der Waals surface area contributed by atoms with E-state index in [-0.39, 0.29) is 48.3 Å². The zero-order valence-electron chi connectivity index (χ0n) is 9.05. The van der Waals surface area contributed by atoms with E-state index in [1.807, 2.05) is 0 Å². The van der Waals surface area contributed by atoms with Crippen LogP contribution in [-0.2, 0) is 0 Å². The number of anilines is 1. The zero-order chi connectivity index (χ0) is 10.7. The van der Waals surface area contributed by atoms with Gasteiger partial charge < -0.3 is 16.4 Å². The number of hydrogen-bond donors (Lipinski definition) is 3. The maximum atomic E-state index is 11.7. The van der Waals surface area contributed by atoms with Gasteiger partial charge in [-0.25, -0.2) is 9.97 Å². The normalized spacial score (nSPS) is 17.8. The Hall–Kier alpha value is -1.11. The lowest BCUT2D eigenvalue weighted by Crippen LogP contribution is -2.37. The quantitative estimate of drug-likeness (QED) is 0.708. The third-order valence-corrected chi connectivity index (χ3v) is 2.34. The van der Waals surface area contributed by atoms with Crippen molar-refractivity contribution in [3.8, 4) is 0 Å². The molecule has 1 aromatic rings. The fourth-order valence-corrected chi connectivity index (χ4v) is 1.56. The van der Waals surface area contributed by atoms with Crippen molar-refractivity contribution in [2.24, 2.45) is 0 Å². The van der Waals surface area contributed by atoms with Crippen LogP contribution < -0.4 is 16.4 Å². The van der Waals surface area contributed by atoms with Gasteiger partial charge in [0.1, 0.15) is 0 Å². The topological polar surface area (TPSA) is 92.9 Å². The molecule has 0 aromatic carbocycles. The molecular formula is C9H15Cl2N5O. The number of nitrogen functional groups attached to an aromatic ring is 1. The van der Waals surface area contributed by atoms with E-state index in [1.54, 1.807) is 0 Å². The van der Waals surface area contributed by atoms with Crippen molar-refractivity contribution in [1.82, 2.24) is 20.6 Å². The Morgan fingerprint density at radius 1 is 1.41 bits per heavy atom. The van der Waals surface area contributed by atoms with Gasteiger partial charge in [-0.2, -0.15) is 0 Å². The van der Waals surface area contributed by atoms with Gasteiger partial charge in [0.05, 0.1) is 0 Å². The first-order valence-electron chi connectivity index (χ1n) is 4.85. The lowest BCUT2D eigenvalue weighted by Gasteiger charge is -2.10. The molecule has 1 aliphatic rings. The van der Waals surface area contributed by atoms with Gasteiger partial charge in [-0.05, 0) is 13.0 Å². The summed E-state index contributed by atoms with van der Waals surface area (Å²) in [5.74, 6) is -0.0877. The summed E-state index contributed by atoms with van der Waals surface area (Å²) in [5, 5.41) is 6.01. The Kier molecular flexibility index (Phi) is 6.79. The van der Waals surface area contributed by atoms with Crippen LogP contribution in [0, 0.1) is 0 Å². The Morgan fingerprint density at radius 3 is 2.71 bits per heavy atom. The summed E-state index contributed by atoms with van der Waals surface area (Å²) in [6.45, 7) is 1.73. The molecule has 1 aromatic heterocycles. The van der Waals surface area contributed by atoms with Crippen LogP contribution in [0.25, 0.3) is 0 Å². The third kappa shape index (κ3) is 3.99. The van der Waals surface area contributed by atoms with Gasteiger partial charge in [0, 0.05) is 25.0 Å². The highest BCUT2D eigenvalue weighted by atomic mass is 35.5. The average Bonchev–Trinajstić information content (AvgIpc) is 2.71. The van der Waals surface area contributed by atoms with Crippen molar-refractivity contribution in [2.45, 2.75) is 12.5 Å². The number of hydrogen-bond acceptors (Lipinski definition) is 5. The van der Waals surface area contributed by atoms with Crippen molar-refractivity contribution in [1.29, 1.82) is 0 Å². The number of nitrogens with one attached hydrogen (secondary N) is 2. The highest BCUT2D eigenvalue weighted by Gasteiger charge is 2.19. The van der Waals surface area contributed by atoms with Crippen LogP contribution >= 0.6 is 24.8 Å². The second kappa shape index (κ2) is 7.26. The maximum Gasteiger partial charge on any atom is 0.273 e. The summed E-state index contributed by atoms with van der Waals surface area (Å²) < 4.78 is 0. The molecule has 0 saturated carbocycles. The molecule has 2 heterocycles. The van der Waals surface area contributed by atoms with Gasteiger partial charge in [0.25, 0.3) is 5.91 Å². The first-order chi connectivity index (χ1) is 7.27. The van der Waals surface area contributed by atoms with Crippen molar-refractivity contribution in [3.63, 3.8) is 0 Å². The SMILES string of the molecule is Cl.Cl.Nc1nccnc1C(=O)NC1CCNC1. The first-order valence-corrected chi connectivity index (χ1v) is 4.85. The fraction of sp³-hybridized carbons (Fsp3) is 0.444. The lowest BCUT2D eigenvalue weighted by molar-refractivity contribution is 0.0935. The number of rotatable bonds is 2. The largest absolute Gasteiger partial charge is 0.382 e. The Bertz CT molecular complexity index is 370. The Morgan fingerprint density at radius 2 is 2.12 bits per heavy atom. The van der Waals surface area contributed by atoms with E-state index in [9.17, 15) is 4.79 Å². The lowest BCUT2D eigenvalue weighted by atomic mass is 10.2. The van der Waals surface area contributed by atoms with Gasteiger partial charge in [0.15, 0.2) is 11.5 Å². The number of nitrogens with two attached hydrogens (primary N) is 1. The Labute approximate surface area is 112 Å². The van der Waals surface area contributed by atoms with Gasteiger partial charge >= 0.3 is 0 Å². The van der Waals surface area contributed by atoms with Crippen LogP contribution in [0.1, 0.15) is 16.9 Å². The minimum Gasteiger partial charge on any atom is -0.382 e. The molecule has 1 amide bonds. The average molecular weight is 280 g/mol. The fourth-order valence-electron chi connectivity index (χ4n) is 1.56. The van der Waals surface area contributed by atoms with Crippen molar-refractivity contribution < 1.29 is 4.79 Å². The summed E-state index contributed by atoms with van der Waals surface area (Å²) in [4.78, 5) is 19.4. The van der Waals surface area contributed by atoms with Gasteiger partial charge in [-0.15, -0.1) is 24.8 Å². The maximum absolute atomic E-state index is 11.7. The standard InChI is InChI=1S/C9H13N5O.2ClH/c10-8-7(12-3-4-13-8)9(15)14-6-1-2-11-5-6;;/h3-4,6,11H,1-2,5H2,(H2,10,13)(H,14,15);2*1H.